The van der Waals surface area contributed by atoms with Gasteiger partial charge in [-0.15, -0.1) is 0 Å². The first-order valence-electron chi connectivity index (χ1n) is 11.6. The molecule has 0 aromatic heterocycles. The van der Waals surface area contributed by atoms with Gasteiger partial charge in [0.2, 0.25) is 0 Å². The van der Waals surface area contributed by atoms with Crippen molar-refractivity contribution in [2.45, 2.75) is 38.4 Å². The zero-order valence-corrected chi connectivity index (χ0v) is 21.0. The lowest BCUT2D eigenvalue weighted by molar-refractivity contribution is -0.0987. The minimum atomic E-state index is -0.940. The van der Waals surface area contributed by atoms with Gasteiger partial charge in [-0.25, -0.2) is 9.59 Å². The number of benzene rings is 2. The molecule has 0 bridgehead atoms. The average Bonchev–Trinajstić information content (AvgIpc) is 2.79. The van der Waals surface area contributed by atoms with Crippen LogP contribution in [-0.2, 0) is 15.1 Å². The van der Waals surface area contributed by atoms with Crippen LogP contribution in [-0.4, -0.2) is 68.3 Å². The van der Waals surface area contributed by atoms with Crippen LogP contribution in [0.3, 0.4) is 0 Å². The lowest BCUT2D eigenvalue weighted by Crippen LogP contribution is -2.56. The molecule has 2 aromatic carbocycles. The highest BCUT2D eigenvalue weighted by Gasteiger charge is 2.49. The van der Waals surface area contributed by atoms with Crippen molar-refractivity contribution in [3.05, 3.63) is 65.7 Å². The normalized spacial score (nSPS) is 20.7. The molecule has 2 atom stereocenters. The zero-order chi connectivity index (χ0) is 24.9. The van der Waals surface area contributed by atoms with Crippen LogP contribution >= 0.6 is 0 Å². The van der Waals surface area contributed by atoms with Crippen molar-refractivity contribution in [1.82, 2.24) is 9.80 Å². The number of carbonyl (C=O) groups is 2. The number of ether oxygens (including phenoxy) is 3. The van der Waals surface area contributed by atoms with E-state index in [-0.39, 0.29) is 12.0 Å². The Hall–Kier alpha value is -3.06. The van der Waals surface area contributed by atoms with Gasteiger partial charge < -0.3 is 24.0 Å². The average molecular weight is 469 g/mol. The summed E-state index contributed by atoms with van der Waals surface area (Å²) in [5.74, 6) is 0.104. The third-order valence-electron chi connectivity index (χ3n) is 5.93. The molecule has 2 aromatic rings. The van der Waals surface area contributed by atoms with Crippen molar-refractivity contribution in [3.63, 3.8) is 0 Å². The van der Waals surface area contributed by atoms with Gasteiger partial charge in [-0.05, 0) is 64.7 Å². The molecule has 7 nitrogen and oxygen atoms in total. The van der Waals surface area contributed by atoms with Crippen molar-refractivity contribution < 1.29 is 23.8 Å². The van der Waals surface area contributed by atoms with Gasteiger partial charge in [0.25, 0.3) is 0 Å². The summed E-state index contributed by atoms with van der Waals surface area (Å²) >= 11 is 0. The molecule has 184 valence electrons. The molecule has 0 saturated carbocycles. The summed E-state index contributed by atoms with van der Waals surface area (Å²) in [5, 5.41) is 0. The van der Waals surface area contributed by atoms with Crippen LogP contribution < -0.4 is 4.74 Å². The monoisotopic (exact) mass is 468 g/mol. The second-order valence-electron chi connectivity index (χ2n) is 10.0. The number of likely N-dealkylation sites (tertiary alicyclic amines) is 1. The number of nitrogens with zero attached hydrogens (tertiary/aromatic N) is 2. The topological polar surface area (TPSA) is 68.3 Å². The second-order valence-corrected chi connectivity index (χ2v) is 10.0. The van der Waals surface area contributed by atoms with E-state index in [0.717, 1.165) is 5.56 Å². The molecular weight excluding hydrogens is 432 g/mol. The van der Waals surface area contributed by atoms with Crippen LogP contribution in [0.15, 0.2) is 54.6 Å². The van der Waals surface area contributed by atoms with E-state index in [9.17, 15) is 9.59 Å². The Balaban J connectivity index is 2.02. The Morgan fingerprint density at radius 1 is 1.09 bits per heavy atom. The predicted octanol–water partition coefficient (Wildman–Crippen LogP) is 4.57. The van der Waals surface area contributed by atoms with Crippen molar-refractivity contribution in [3.8, 4) is 5.75 Å². The maximum atomic E-state index is 13.3. The maximum Gasteiger partial charge on any atom is 0.410 e. The van der Waals surface area contributed by atoms with Gasteiger partial charge in [0.05, 0.1) is 12.7 Å². The fourth-order valence-electron chi connectivity index (χ4n) is 4.41. The van der Waals surface area contributed by atoms with Crippen LogP contribution in [0.25, 0.3) is 0 Å². The maximum absolute atomic E-state index is 13.3. The first kappa shape index (κ1) is 25.6. The van der Waals surface area contributed by atoms with Crippen LogP contribution in [0.4, 0.5) is 4.79 Å². The van der Waals surface area contributed by atoms with Crippen molar-refractivity contribution >= 4 is 12.1 Å². The van der Waals surface area contributed by atoms with Crippen molar-refractivity contribution in [2.24, 2.45) is 5.92 Å². The molecule has 1 fully saturated rings. The molecule has 1 amide bonds. The van der Waals surface area contributed by atoms with Gasteiger partial charge >= 0.3 is 12.1 Å². The molecule has 3 rings (SSSR count). The fourth-order valence-corrected chi connectivity index (χ4v) is 4.41. The number of esters is 1. The number of hydrogen-bond donors (Lipinski definition) is 0. The smallest absolute Gasteiger partial charge is 0.410 e. The first-order valence-corrected chi connectivity index (χ1v) is 11.6. The Labute approximate surface area is 202 Å². The molecule has 0 aliphatic carbocycles. The molecule has 1 aliphatic heterocycles. The summed E-state index contributed by atoms with van der Waals surface area (Å²) < 4.78 is 17.5. The van der Waals surface area contributed by atoms with E-state index in [1.165, 1.54) is 0 Å². The van der Waals surface area contributed by atoms with E-state index in [4.69, 9.17) is 14.2 Å². The zero-order valence-electron chi connectivity index (χ0n) is 21.0. The van der Waals surface area contributed by atoms with E-state index in [2.05, 4.69) is 4.90 Å². The summed E-state index contributed by atoms with van der Waals surface area (Å²) in [5.41, 5.74) is -0.186. The fraction of sp³-hybridized carbons (Fsp3) is 0.481. The molecular formula is C27H36N2O5. The number of rotatable bonds is 6. The Bertz CT molecular complexity index is 986. The lowest BCUT2D eigenvalue weighted by Gasteiger charge is -2.48. The van der Waals surface area contributed by atoms with Crippen LogP contribution in [0.5, 0.6) is 5.75 Å². The summed E-state index contributed by atoms with van der Waals surface area (Å²) in [6, 6.07) is 16.6. The summed E-state index contributed by atoms with van der Waals surface area (Å²) in [4.78, 5) is 30.0. The van der Waals surface area contributed by atoms with Gasteiger partial charge in [-0.2, -0.15) is 0 Å². The molecule has 1 saturated heterocycles. The largest absolute Gasteiger partial charge is 0.497 e. The summed E-state index contributed by atoms with van der Waals surface area (Å²) in [6.45, 7) is 6.97. The van der Waals surface area contributed by atoms with Crippen LogP contribution in [0, 0.1) is 5.92 Å². The molecule has 0 spiro atoms. The number of methoxy groups -OCH3 is 1. The molecule has 1 heterocycles. The molecule has 0 N–H and O–H groups in total. The van der Waals surface area contributed by atoms with Crippen molar-refractivity contribution in [2.75, 3.05) is 40.8 Å². The Morgan fingerprint density at radius 2 is 1.79 bits per heavy atom. The molecule has 1 aliphatic rings. The van der Waals surface area contributed by atoms with Crippen molar-refractivity contribution in [1.29, 1.82) is 0 Å². The quantitative estimate of drug-likeness (QED) is 0.579. The van der Waals surface area contributed by atoms with E-state index < -0.39 is 17.2 Å². The third-order valence-corrected chi connectivity index (χ3v) is 5.93. The van der Waals surface area contributed by atoms with Gasteiger partial charge in [-0.3, -0.25) is 0 Å². The standard InChI is InChI=1S/C27H36N2O5/c1-26(2,3)34-25(31)29-16-15-27(22(19-29)18-28(4)5,21-13-10-14-23(17-21)32-6)33-24(30)20-11-8-7-9-12-20/h7-14,17,22H,15-16,18-19H2,1-6H3/t22-,27-/m0/s1. The third kappa shape index (κ3) is 6.08. The predicted molar refractivity (Wildman–Crippen MR) is 131 cm³/mol. The van der Waals surface area contributed by atoms with Gasteiger partial charge in [0.1, 0.15) is 17.0 Å². The highest BCUT2D eigenvalue weighted by Crippen LogP contribution is 2.43. The molecule has 7 heteroatoms. The summed E-state index contributed by atoms with van der Waals surface area (Å²) in [6.07, 6.45) is 0.0844. The van der Waals surface area contributed by atoms with Gasteiger partial charge in [0, 0.05) is 32.0 Å². The highest BCUT2D eigenvalue weighted by atomic mass is 16.6. The summed E-state index contributed by atoms with van der Waals surface area (Å²) in [7, 11) is 5.56. The highest BCUT2D eigenvalue weighted by molar-refractivity contribution is 5.89. The molecule has 34 heavy (non-hydrogen) atoms. The second kappa shape index (κ2) is 10.5. The van der Waals surface area contributed by atoms with Gasteiger partial charge in [0.15, 0.2) is 0 Å². The van der Waals surface area contributed by atoms with E-state index in [1.54, 1.807) is 24.1 Å². The van der Waals surface area contributed by atoms with Gasteiger partial charge in [-0.1, -0.05) is 30.3 Å². The SMILES string of the molecule is COc1cccc([C@@]2(OC(=O)c3ccccc3)CCN(C(=O)OC(C)(C)C)C[C@@H]2CN(C)C)c1. The number of piperidine rings is 1. The van der Waals surface area contributed by atoms with Crippen LogP contribution in [0.1, 0.15) is 43.1 Å². The van der Waals surface area contributed by atoms with E-state index in [0.29, 0.717) is 37.4 Å². The first-order chi connectivity index (χ1) is 16.0. The molecule has 0 radical (unpaired) electrons. The lowest BCUT2D eigenvalue weighted by atomic mass is 9.75. The molecule has 0 unspecified atom stereocenters. The van der Waals surface area contributed by atoms with Crippen LogP contribution in [0.2, 0.25) is 0 Å². The number of hydrogen-bond acceptors (Lipinski definition) is 6. The number of carbonyl (C=O) groups excluding carboxylic acids is 2. The van der Waals surface area contributed by atoms with E-state index in [1.807, 2.05) is 77.3 Å². The minimum absolute atomic E-state index is 0.191. The van der Waals surface area contributed by atoms with E-state index >= 15 is 0 Å². The Kier molecular flexibility index (Phi) is 7.87. The number of amides is 1. The Morgan fingerprint density at radius 3 is 2.41 bits per heavy atom. The minimum Gasteiger partial charge on any atom is -0.497 e.